The van der Waals surface area contributed by atoms with Crippen LogP contribution in [-0.2, 0) is 23.9 Å². The lowest BCUT2D eigenvalue weighted by Crippen LogP contribution is -2.42. The molecule has 34 heavy (non-hydrogen) atoms. The number of benzene rings is 1. The summed E-state index contributed by atoms with van der Waals surface area (Å²) in [6, 6.07) is 12.2. The van der Waals surface area contributed by atoms with Crippen LogP contribution in [0.4, 0.5) is 0 Å². The Kier molecular flexibility index (Phi) is 6.87. The number of ether oxygens (including phenoxy) is 1. The van der Waals surface area contributed by atoms with Crippen LogP contribution in [0.15, 0.2) is 53.1 Å². The normalized spacial score (nSPS) is 13.7. The van der Waals surface area contributed by atoms with Crippen LogP contribution in [0.3, 0.4) is 0 Å². The average Bonchev–Trinajstić information content (AvgIpc) is 3.59. The molecule has 0 spiro atoms. The van der Waals surface area contributed by atoms with E-state index in [0.717, 1.165) is 0 Å². The van der Waals surface area contributed by atoms with Crippen molar-refractivity contribution in [2.24, 2.45) is 0 Å². The summed E-state index contributed by atoms with van der Waals surface area (Å²) in [4.78, 5) is 50.0. The molecule has 3 aromatic rings. The van der Waals surface area contributed by atoms with Gasteiger partial charge in [-0.15, -0.1) is 5.10 Å². The molecule has 0 bridgehead atoms. The molecule has 0 aliphatic carbocycles. The zero-order valence-electron chi connectivity index (χ0n) is 17.9. The minimum absolute atomic E-state index is 0.111. The number of nitrogens with zero attached hydrogens (tertiary/aromatic N) is 5. The minimum Gasteiger partial charge on any atom is -0.465 e. The molecule has 2 aromatic heterocycles. The Labute approximate surface area is 193 Å². The molecule has 3 heterocycles. The molecule has 1 saturated heterocycles. The lowest BCUT2D eigenvalue weighted by atomic mass is 10.2. The van der Waals surface area contributed by atoms with Crippen LogP contribution in [0.2, 0.25) is 0 Å². The fourth-order valence-electron chi connectivity index (χ4n) is 3.31. The van der Waals surface area contributed by atoms with Gasteiger partial charge in [-0.1, -0.05) is 30.3 Å². The standard InChI is InChI=1S/C22H20N6O6/c29-18(13-27-10-4-9-20(27)31)23-19(30)14-34-22(32)17(12-16-8-5-11-33-16)28-21(24-25-26-28)15-6-2-1-3-7-15/h1-3,5-8,11-12H,4,9-10,13-14H2,(H,23,29,30)/b17-12-. The fourth-order valence-corrected chi connectivity index (χ4v) is 3.31. The molecule has 0 unspecified atom stereocenters. The number of esters is 1. The van der Waals surface area contributed by atoms with Crippen molar-refractivity contribution in [2.75, 3.05) is 19.7 Å². The summed E-state index contributed by atoms with van der Waals surface area (Å²) >= 11 is 0. The third-order valence-electron chi connectivity index (χ3n) is 4.88. The Hall–Kier alpha value is -4.61. The Balaban J connectivity index is 1.45. The number of rotatable bonds is 8. The maximum atomic E-state index is 12.9. The first-order chi connectivity index (χ1) is 16.5. The molecule has 12 heteroatoms. The van der Waals surface area contributed by atoms with Crippen molar-refractivity contribution in [2.45, 2.75) is 12.8 Å². The summed E-state index contributed by atoms with van der Waals surface area (Å²) in [6.07, 6.45) is 3.85. The van der Waals surface area contributed by atoms with Crippen LogP contribution in [0, 0.1) is 0 Å². The third kappa shape index (κ3) is 5.41. The quantitative estimate of drug-likeness (QED) is 0.376. The second-order valence-electron chi connectivity index (χ2n) is 7.29. The number of hydrogen-bond donors (Lipinski definition) is 1. The zero-order valence-corrected chi connectivity index (χ0v) is 17.9. The number of amides is 3. The van der Waals surface area contributed by atoms with Gasteiger partial charge in [0, 0.05) is 24.6 Å². The van der Waals surface area contributed by atoms with Crippen molar-refractivity contribution in [3.63, 3.8) is 0 Å². The Morgan fingerprint density at radius 3 is 2.65 bits per heavy atom. The third-order valence-corrected chi connectivity index (χ3v) is 4.88. The van der Waals surface area contributed by atoms with E-state index >= 15 is 0 Å². The lowest BCUT2D eigenvalue weighted by molar-refractivity contribution is -0.145. The Bertz CT molecular complexity index is 1220. The first-order valence-electron chi connectivity index (χ1n) is 10.4. The second-order valence-corrected chi connectivity index (χ2v) is 7.29. The van der Waals surface area contributed by atoms with E-state index in [1.807, 2.05) is 6.07 Å². The molecule has 0 radical (unpaired) electrons. The molecule has 1 aliphatic rings. The van der Waals surface area contributed by atoms with Gasteiger partial charge in [0.25, 0.3) is 5.91 Å². The number of carbonyl (C=O) groups excluding carboxylic acids is 4. The first-order valence-corrected chi connectivity index (χ1v) is 10.4. The van der Waals surface area contributed by atoms with Crippen LogP contribution in [-0.4, -0.2) is 68.5 Å². The van der Waals surface area contributed by atoms with E-state index < -0.39 is 24.4 Å². The van der Waals surface area contributed by atoms with Gasteiger partial charge in [-0.3, -0.25) is 19.7 Å². The van der Waals surface area contributed by atoms with Gasteiger partial charge in [-0.2, -0.15) is 4.68 Å². The highest BCUT2D eigenvalue weighted by atomic mass is 16.5. The number of tetrazole rings is 1. The van der Waals surface area contributed by atoms with E-state index in [9.17, 15) is 19.2 Å². The zero-order chi connectivity index (χ0) is 23.9. The molecule has 12 nitrogen and oxygen atoms in total. The fraction of sp³-hybridized carbons (Fsp3) is 0.227. The predicted octanol–water partition coefficient (Wildman–Crippen LogP) is 0.740. The van der Waals surface area contributed by atoms with Gasteiger partial charge in [0.1, 0.15) is 5.76 Å². The van der Waals surface area contributed by atoms with E-state index in [1.54, 1.807) is 36.4 Å². The van der Waals surface area contributed by atoms with E-state index in [1.165, 1.54) is 21.9 Å². The number of aromatic nitrogens is 4. The molecule has 1 fully saturated rings. The van der Waals surface area contributed by atoms with Crippen LogP contribution in [0.25, 0.3) is 23.2 Å². The highest BCUT2D eigenvalue weighted by Gasteiger charge is 2.25. The monoisotopic (exact) mass is 464 g/mol. The van der Waals surface area contributed by atoms with Gasteiger partial charge in [0.2, 0.25) is 11.8 Å². The Morgan fingerprint density at radius 1 is 1.12 bits per heavy atom. The van der Waals surface area contributed by atoms with Crippen LogP contribution in [0.1, 0.15) is 18.6 Å². The van der Waals surface area contributed by atoms with E-state index in [-0.39, 0.29) is 24.0 Å². The van der Waals surface area contributed by atoms with Crippen molar-refractivity contribution >= 4 is 35.5 Å². The number of furan rings is 1. The van der Waals surface area contributed by atoms with Gasteiger partial charge in [-0.05, 0) is 29.0 Å². The molecule has 0 atom stereocenters. The van der Waals surface area contributed by atoms with Gasteiger partial charge < -0.3 is 14.1 Å². The van der Waals surface area contributed by atoms with Crippen LogP contribution >= 0.6 is 0 Å². The summed E-state index contributed by atoms with van der Waals surface area (Å²) in [5, 5.41) is 13.6. The van der Waals surface area contributed by atoms with Crippen LogP contribution in [0.5, 0.6) is 0 Å². The Morgan fingerprint density at radius 2 is 1.94 bits per heavy atom. The maximum absolute atomic E-state index is 12.9. The van der Waals surface area contributed by atoms with Gasteiger partial charge >= 0.3 is 5.97 Å². The van der Waals surface area contributed by atoms with E-state index in [2.05, 4.69) is 20.8 Å². The van der Waals surface area contributed by atoms with Gasteiger partial charge in [0.05, 0.1) is 12.8 Å². The molecule has 3 amide bonds. The lowest BCUT2D eigenvalue weighted by Gasteiger charge is -2.14. The molecule has 1 aromatic carbocycles. The molecular formula is C22H20N6O6. The number of likely N-dealkylation sites (tertiary alicyclic amines) is 1. The van der Waals surface area contributed by atoms with Gasteiger partial charge in [0.15, 0.2) is 18.1 Å². The summed E-state index contributed by atoms with van der Waals surface area (Å²) in [5.74, 6) is -1.95. The maximum Gasteiger partial charge on any atom is 0.357 e. The molecule has 174 valence electrons. The molecule has 1 aliphatic heterocycles. The summed E-state index contributed by atoms with van der Waals surface area (Å²) in [6.45, 7) is -0.490. The number of imide groups is 1. The second kappa shape index (κ2) is 10.3. The van der Waals surface area contributed by atoms with E-state index in [0.29, 0.717) is 30.7 Å². The first kappa shape index (κ1) is 22.6. The largest absolute Gasteiger partial charge is 0.465 e. The average molecular weight is 464 g/mol. The number of hydrogen-bond acceptors (Lipinski definition) is 9. The van der Waals surface area contributed by atoms with Crippen molar-refractivity contribution in [1.29, 1.82) is 0 Å². The van der Waals surface area contributed by atoms with Crippen LogP contribution < -0.4 is 5.32 Å². The van der Waals surface area contributed by atoms with Crippen molar-refractivity contribution < 1.29 is 28.3 Å². The van der Waals surface area contributed by atoms with Crippen molar-refractivity contribution in [3.8, 4) is 11.4 Å². The van der Waals surface area contributed by atoms with E-state index in [4.69, 9.17) is 9.15 Å². The summed E-state index contributed by atoms with van der Waals surface area (Å²) < 4.78 is 11.6. The minimum atomic E-state index is -0.918. The SMILES string of the molecule is O=C(COC(=O)/C(=C/c1ccco1)n1nnnc1-c1ccccc1)NC(=O)CN1CCCC1=O. The number of carbonyl (C=O) groups is 4. The summed E-state index contributed by atoms with van der Waals surface area (Å²) in [7, 11) is 0. The molecule has 1 N–H and O–H groups in total. The molecule has 0 saturated carbocycles. The summed E-state index contributed by atoms with van der Waals surface area (Å²) in [5.41, 5.74) is 0.533. The topological polar surface area (TPSA) is 150 Å². The predicted molar refractivity (Wildman–Crippen MR) is 116 cm³/mol. The van der Waals surface area contributed by atoms with Crippen molar-refractivity contribution in [3.05, 3.63) is 54.5 Å². The molecule has 4 rings (SSSR count). The highest BCUT2D eigenvalue weighted by molar-refractivity contribution is 6.16. The van der Waals surface area contributed by atoms with Crippen molar-refractivity contribution in [1.82, 2.24) is 30.4 Å². The highest BCUT2D eigenvalue weighted by Crippen LogP contribution is 2.21. The smallest absolute Gasteiger partial charge is 0.357 e. The van der Waals surface area contributed by atoms with Gasteiger partial charge in [-0.25, -0.2) is 4.79 Å². The number of nitrogens with one attached hydrogen (secondary N) is 1. The molecular weight excluding hydrogens is 444 g/mol.